The maximum atomic E-state index is 10.1. The van der Waals surface area contributed by atoms with E-state index in [1.807, 2.05) is 6.20 Å². The van der Waals surface area contributed by atoms with Crippen LogP contribution in [0, 0.1) is 5.92 Å². The Bertz CT molecular complexity index is 568. The normalized spacial score (nSPS) is 28.0. The summed E-state index contributed by atoms with van der Waals surface area (Å²) in [6, 6.07) is 0. The molecule has 96 valence electrons. The number of aliphatic hydroxyl groups is 2. The zero-order valence-corrected chi connectivity index (χ0v) is 9.87. The zero-order valence-electron chi connectivity index (χ0n) is 9.87. The van der Waals surface area contributed by atoms with Gasteiger partial charge in [0, 0.05) is 24.3 Å². The Kier molecular flexibility index (Phi) is 2.68. The van der Waals surface area contributed by atoms with Crippen LogP contribution in [0.15, 0.2) is 12.5 Å². The van der Waals surface area contributed by atoms with Crippen LogP contribution >= 0.6 is 0 Å². The number of H-pyrrole nitrogens is 1. The molecule has 2 aromatic rings. The van der Waals surface area contributed by atoms with Gasteiger partial charge in [-0.1, -0.05) is 0 Å². The summed E-state index contributed by atoms with van der Waals surface area (Å²) >= 11 is 0. The molecule has 0 spiro atoms. The first-order valence-electron chi connectivity index (χ1n) is 6.07. The van der Waals surface area contributed by atoms with E-state index in [2.05, 4.69) is 15.0 Å². The van der Waals surface area contributed by atoms with Gasteiger partial charge >= 0.3 is 0 Å². The number of nitrogens with two attached hydrogens (primary N) is 1. The first kappa shape index (κ1) is 11.4. The van der Waals surface area contributed by atoms with Crippen LogP contribution in [0.1, 0.15) is 24.3 Å². The van der Waals surface area contributed by atoms with Gasteiger partial charge in [-0.15, -0.1) is 0 Å². The van der Waals surface area contributed by atoms with E-state index in [0.717, 1.165) is 17.5 Å². The second-order valence-electron chi connectivity index (χ2n) is 4.92. The number of anilines is 1. The van der Waals surface area contributed by atoms with Crippen LogP contribution < -0.4 is 5.73 Å². The molecule has 2 aromatic heterocycles. The Morgan fingerprint density at radius 2 is 2.22 bits per heavy atom. The largest absolute Gasteiger partial charge is 0.396 e. The fourth-order valence-electron chi connectivity index (χ4n) is 2.86. The van der Waals surface area contributed by atoms with Crippen LogP contribution in [0.5, 0.6) is 0 Å². The number of nitrogens with zero attached hydrogens (tertiary/aromatic N) is 2. The minimum Gasteiger partial charge on any atom is -0.396 e. The number of rotatable bonds is 2. The van der Waals surface area contributed by atoms with Gasteiger partial charge in [0.05, 0.1) is 11.6 Å². The van der Waals surface area contributed by atoms with Gasteiger partial charge < -0.3 is 20.9 Å². The summed E-state index contributed by atoms with van der Waals surface area (Å²) in [5.74, 6) is 0.580. The molecule has 0 radical (unpaired) electrons. The molecule has 3 rings (SSSR count). The van der Waals surface area contributed by atoms with Gasteiger partial charge in [-0.05, 0) is 18.8 Å². The highest BCUT2D eigenvalue weighted by Gasteiger charge is 2.35. The lowest BCUT2D eigenvalue weighted by Crippen LogP contribution is -2.10. The van der Waals surface area contributed by atoms with E-state index in [-0.39, 0.29) is 18.4 Å². The lowest BCUT2D eigenvalue weighted by Gasteiger charge is -2.12. The Balaban J connectivity index is 2.02. The molecule has 0 saturated heterocycles. The smallest absolute Gasteiger partial charge is 0.151 e. The number of aliphatic hydroxyl groups excluding tert-OH is 2. The lowest BCUT2D eigenvalue weighted by molar-refractivity contribution is 0.152. The van der Waals surface area contributed by atoms with E-state index in [1.54, 1.807) is 0 Å². The zero-order chi connectivity index (χ0) is 12.7. The van der Waals surface area contributed by atoms with Crippen LogP contribution in [0.25, 0.3) is 11.0 Å². The number of fused-ring (bicyclic) bond motifs is 1. The number of nitrogens with one attached hydrogen (secondary N) is 1. The van der Waals surface area contributed by atoms with Crippen molar-refractivity contribution in [1.29, 1.82) is 0 Å². The van der Waals surface area contributed by atoms with E-state index < -0.39 is 6.10 Å². The Labute approximate surface area is 104 Å². The minimum absolute atomic E-state index is 0.00481. The Morgan fingerprint density at radius 1 is 1.39 bits per heavy atom. The standard InChI is InChI=1S/C12H16N4O2/c13-12-11-10(15-5-16-12)8(3-14-11)7-1-6(4-17)2-9(7)18/h3,5-7,9,14,17-18H,1-2,4H2,(H2,13,15,16)/t6-,7-,9+/m0/s1. The highest BCUT2D eigenvalue weighted by atomic mass is 16.3. The summed E-state index contributed by atoms with van der Waals surface area (Å²) in [6.07, 6.45) is 4.24. The van der Waals surface area contributed by atoms with E-state index in [0.29, 0.717) is 17.8 Å². The van der Waals surface area contributed by atoms with Gasteiger partial charge in [-0.25, -0.2) is 9.97 Å². The molecule has 0 bridgehead atoms. The first-order valence-corrected chi connectivity index (χ1v) is 6.07. The summed E-state index contributed by atoms with van der Waals surface area (Å²) in [6.45, 7) is 0.118. The van der Waals surface area contributed by atoms with E-state index in [1.165, 1.54) is 6.33 Å². The van der Waals surface area contributed by atoms with E-state index in [9.17, 15) is 10.2 Å². The molecule has 2 heterocycles. The third kappa shape index (κ3) is 1.65. The van der Waals surface area contributed by atoms with E-state index >= 15 is 0 Å². The second kappa shape index (κ2) is 4.22. The average molecular weight is 248 g/mol. The summed E-state index contributed by atoms with van der Waals surface area (Å²) < 4.78 is 0. The van der Waals surface area contributed by atoms with Gasteiger partial charge in [0.1, 0.15) is 11.8 Å². The highest BCUT2D eigenvalue weighted by Crippen LogP contribution is 2.40. The van der Waals surface area contributed by atoms with Gasteiger partial charge in [-0.2, -0.15) is 0 Å². The molecule has 5 N–H and O–H groups in total. The quantitative estimate of drug-likeness (QED) is 0.614. The third-order valence-corrected chi connectivity index (χ3v) is 3.81. The molecular formula is C12H16N4O2. The predicted molar refractivity (Wildman–Crippen MR) is 66.9 cm³/mol. The second-order valence-corrected chi connectivity index (χ2v) is 4.92. The maximum absolute atomic E-state index is 10.1. The number of nitrogen functional groups attached to an aromatic ring is 1. The van der Waals surface area contributed by atoms with Crippen LogP contribution in [-0.2, 0) is 0 Å². The maximum Gasteiger partial charge on any atom is 0.151 e. The number of hydrogen-bond acceptors (Lipinski definition) is 5. The van der Waals surface area contributed by atoms with Crippen molar-refractivity contribution >= 4 is 16.9 Å². The fourth-order valence-corrected chi connectivity index (χ4v) is 2.86. The van der Waals surface area contributed by atoms with Crippen molar-refractivity contribution in [3.8, 4) is 0 Å². The summed E-state index contributed by atoms with van der Waals surface area (Å²) in [5, 5.41) is 19.3. The van der Waals surface area contributed by atoms with Gasteiger partial charge in [-0.3, -0.25) is 0 Å². The van der Waals surface area contributed by atoms with Crippen LogP contribution in [0.3, 0.4) is 0 Å². The van der Waals surface area contributed by atoms with Gasteiger partial charge in [0.25, 0.3) is 0 Å². The van der Waals surface area contributed by atoms with Crippen LogP contribution in [0.2, 0.25) is 0 Å². The molecule has 0 amide bonds. The van der Waals surface area contributed by atoms with Crippen molar-refractivity contribution in [2.75, 3.05) is 12.3 Å². The van der Waals surface area contributed by atoms with Crippen molar-refractivity contribution in [2.24, 2.45) is 5.92 Å². The summed E-state index contributed by atoms with van der Waals surface area (Å²) in [7, 11) is 0. The molecule has 0 aromatic carbocycles. The number of hydrogen-bond donors (Lipinski definition) is 4. The van der Waals surface area contributed by atoms with Crippen molar-refractivity contribution in [3.05, 3.63) is 18.1 Å². The molecule has 0 aliphatic heterocycles. The Hall–Kier alpha value is -1.66. The van der Waals surface area contributed by atoms with Gasteiger partial charge in [0.15, 0.2) is 5.82 Å². The molecule has 1 aliphatic carbocycles. The lowest BCUT2D eigenvalue weighted by atomic mass is 9.96. The van der Waals surface area contributed by atoms with Crippen LogP contribution in [0.4, 0.5) is 5.82 Å². The molecule has 1 aliphatic rings. The van der Waals surface area contributed by atoms with Crippen molar-refractivity contribution in [2.45, 2.75) is 24.9 Å². The highest BCUT2D eigenvalue weighted by molar-refractivity contribution is 5.87. The molecule has 3 atom stereocenters. The fraction of sp³-hybridized carbons (Fsp3) is 0.500. The molecular weight excluding hydrogens is 232 g/mol. The summed E-state index contributed by atoms with van der Waals surface area (Å²) in [5.41, 5.74) is 8.22. The third-order valence-electron chi connectivity index (χ3n) is 3.81. The predicted octanol–water partition coefficient (Wildman–Crippen LogP) is 0.387. The molecule has 6 nitrogen and oxygen atoms in total. The van der Waals surface area contributed by atoms with Gasteiger partial charge in [0.2, 0.25) is 0 Å². The monoisotopic (exact) mass is 248 g/mol. The molecule has 1 saturated carbocycles. The molecule has 6 heteroatoms. The molecule has 18 heavy (non-hydrogen) atoms. The molecule has 0 unspecified atom stereocenters. The number of aromatic nitrogens is 3. The van der Waals surface area contributed by atoms with Crippen molar-refractivity contribution < 1.29 is 10.2 Å². The SMILES string of the molecule is Nc1ncnc2c([C@@H]3C[C@H](CO)C[C@H]3O)c[nH]c12. The van der Waals surface area contributed by atoms with E-state index in [4.69, 9.17) is 5.73 Å². The number of aromatic amines is 1. The Morgan fingerprint density at radius 3 is 2.94 bits per heavy atom. The van der Waals surface area contributed by atoms with Crippen LogP contribution in [-0.4, -0.2) is 37.9 Å². The average Bonchev–Trinajstić information content (AvgIpc) is 2.93. The van der Waals surface area contributed by atoms with Crippen molar-refractivity contribution in [1.82, 2.24) is 15.0 Å². The molecule has 1 fully saturated rings. The van der Waals surface area contributed by atoms with Crippen molar-refractivity contribution in [3.63, 3.8) is 0 Å². The minimum atomic E-state index is -0.433. The first-order chi connectivity index (χ1) is 8.70. The topological polar surface area (TPSA) is 108 Å². The summed E-state index contributed by atoms with van der Waals surface area (Å²) in [4.78, 5) is 11.2.